The summed E-state index contributed by atoms with van der Waals surface area (Å²) in [6, 6.07) is 10.2. The molecule has 0 aliphatic heterocycles. The first kappa shape index (κ1) is 10.3. The first-order valence-corrected chi connectivity index (χ1v) is 4.78. The van der Waals surface area contributed by atoms with Gasteiger partial charge in [0.1, 0.15) is 17.2 Å². The fourth-order valence-electron chi connectivity index (χ4n) is 1.24. The van der Waals surface area contributed by atoms with Gasteiger partial charge in [0, 0.05) is 12.3 Å². The number of ether oxygens (including phenoxy) is 2. The fraction of sp³-hybridized carbons (Fsp3) is 0.0833. The molecule has 0 bridgehead atoms. The number of H-pyrrole nitrogens is 1. The Morgan fingerprint density at radius 3 is 2.12 bits per heavy atom. The van der Waals surface area contributed by atoms with Crippen LogP contribution in [0.25, 0.3) is 0 Å². The Bertz CT molecular complexity index is 496. The molecule has 0 saturated carbocycles. The zero-order valence-electron chi connectivity index (χ0n) is 8.77. The lowest BCUT2D eigenvalue weighted by Gasteiger charge is -2.05. The number of methoxy groups -OCH3 is 1. The molecule has 1 aromatic carbocycles. The van der Waals surface area contributed by atoms with Crippen LogP contribution in [0.15, 0.2) is 47.4 Å². The predicted octanol–water partition coefficient (Wildman–Crippen LogP) is 2.18. The van der Waals surface area contributed by atoms with Gasteiger partial charge in [-0.1, -0.05) is 0 Å². The Labute approximate surface area is 92.5 Å². The number of hydrogen-bond acceptors (Lipinski definition) is 3. The van der Waals surface area contributed by atoms with Gasteiger partial charge in [0.05, 0.1) is 7.11 Å². The summed E-state index contributed by atoms with van der Waals surface area (Å²) < 4.78 is 10.5. The number of pyridine rings is 1. The maximum atomic E-state index is 10.8. The molecule has 4 heteroatoms. The minimum Gasteiger partial charge on any atom is -0.497 e. The summed E-state index contributed by atoms with van der Waals surface area (Å²) in [5.41, 5.74) is -0.151. The van der Waals surface area contributed by atoms with Gasteiger partial charge in [0.15, 0.2) is 0 Å². The number of rotatable bonds is 3. The van der Waals surface area contributed by atoms with Gasteiger partial charge in [-0.2, -0.15) is 0 Å². The van der Waals surface area contributed by atoms with Crippen LogP contribution in [0.1, 0.15) is 0 Å². The monoisotopic (exact) mass is 217 g/mol. The first-order valence-electron chi connectivity index (χ1n) is 4.78. The largest absolute Gasteiger partial charge is 0.497 e. The van der Waals surface area contributed by atoms with Crippen molar-refractivity contribution < 1.29 is 9.47 Å². The Balaban J connectivity index is 2.14. The van der Waals surface area contributed by atoms with E-state index >= 15 is 0 Å². The number of hydrogen-bond donors (Lipinski definition) is 1. The summed E-state index contributed by atoms with van der Waals surface area (Å²) in [7, 11) is 1.61. The molecule has 16 heavy (non-hydrogen) atoms. The fourth-order valence-corrected chi connectivity index (χ4v) is 1.24. The molecule has 1 aromatic heterocycles. The van der Waals surface area contributed by atoms with E-state index in [9.17, 15) is 4.79 Å². The molecule has 0 saturated heterocycles. The highest BCUT2D eigenvalue weighted by Gasteiger charge is 1.97. The molecule has 0 spiro atoms. The molecule has 0 aliphatic carbocycles. The predicted molar refractivity (Wildman–Crippen MR) is 60.1 cm³/mol. The molecule has 0 unspecified atom stereocenters. The first-order chi connectivity index (χ1) is 7.78. The summed E-state index contributed by atoms with van der Waals surface area (Å²) >= 11 is 0. The van der Waals surface area contributed by atoms with Crippen molar-refractivity contribution in [3.63, 3.8) is 0 Å². The van der Waals surface area contributed by atoms with Gasteiger partial charge >= 0.3 is 0 Å². The van der Waals surface area contributed by atoms with Crippen LogP contribution in [0.3, 0.4) is 0 Å². The summed E-state index contributed by atoms with van der Waals surface area (Å²) in [5, 5.41) is 0. The lowest BCUT2D eigenvalue weighted by atomic mass is 10.3. The van der Waals surface area contributed by atoms with E-state index in [2.05, 4.69) is 4.98 Å². The summed E-state index contributed by atoms with van der Waals surface area (Å²) in [6.07, 6.45) is 1.52. The molecule has 2 aromatic rings. The Morgan fingerprint density at radius 1 is 0.938 bits per heavy atom. The van der Waals surface area contributed by atoms with Gasteiger partial charge in [-0.3, -0.25) is 4.79 Å². The van der Waals surface area contributed by atoms with E-state index in [0.717, 1.165) is 5.75 Å². The normalized spacial score (nSPS) is 9.81. The van der Waals surface area contributed by atoms with Gasteiger partial charge in [0.2, 0.25) is 5.56 Å². The molecule has 0 atom stereocenters. The smallest absolute Gasteiger partial charge is 0.248 e. The quantitative estimate of drug-likeness (QED) is 0.857. The zero-order chi connectivity index (χ0) is 11.4. The van der Waals surface area contributed by atoms with E-state index < -0.39 is 0 Å². The minimum absolute atomic E-state index is 0.151. The van der Waals surface area contributed by atoms with Crippen LogP contribution in [0.5, 0.6) is 17.2 Å². The van der Waals surface area contributed by atoms with E-state index in [0.29, 0.717) is 11.5 Å². The molecule has 4 nitrogen and oxygen atoms in total. The highest BCUT2D eigenvalue weighted by molar-refractivity contribution is 5.34. The third-order valence-corrected chi connectivity index (χ3v) is 2.05. The van der Waals surface area contributed by atoms with Crippen molar-refractivity contribution in [1.29, 1.82) is 0 Å². The van der Waals surface area contributed by atoms with Crippen molar-refractivity contribution >= 4 is 0 Å². The Kier molecular flexibility index (Phi) is 2.91. The molecule has 0 radical (unpaired) electrons. The average Bonchev–Trinajstić information content (AvgIpc) is 2.33. The Morgan fingerprint density at radius 2 is 1.56 bits per heavy atom. The summed E-state index contributed by atoms with van der Waals surface area (Å²) in [4.78, 5) is 13.4. The standard InChI is InChI=1S/C12H11NO3/c1-15-9-2-4-10(5-3-9)16-11-6-7-12(14)13-8-11/h2-8H,1H3,(H,13,14). The third-order valence-electron chi connectivity index (χ3n) is 2.05. The number of aromatic amines is 1. The lowest BCUT2D eigenvalue weighted by molar-refractivity contribution is 0.412. The van der Waals surface area contributed by atoms with Crippen LogP contribution in [0, 0.1) is 0 Å². The van der Waals surface area contributed by atoms with Crippen molar-refractivity contribution in [2.45, 2.75) is 0 Å². The van der Waals surface area contributed by atoms with Gasteiger partial charge < -0.3 is 14.5 Å². The van der Waals surface area contributed by atoms with Crippen molar-refractivity contribution in [2.75, 3.05) is 7.11 Å². The van der Waals surface area contributed by atoms with E-state index in [1.807, 2.05) is 0 Å². The zero-order valence-corrected chi connectivity index (χ0v) is 8.77. The van der Waals surface area contributed by atoms with E-state index in [4.69, 9.17) is 9.47 Å². The maximum Gasteiger partial charge on any atom is 0.248 e. The van der Waals surface area contributed by atoms with Crippen molar-refractivity contribution in [3.05, 3.63) is 52.9 Å². The van der Waals surface area contributed by atoms with Crippen LogP contribution in [-0.2, 0) is 0 Å². The summed E-state index contributed by atoms with van der Waals surface area (Å²) in [6.45, 7) is 0. The molecule has 2 rings (SSSR count). The average molecular weight is 217 g/mol. The molecule has 1 heterocycles. The van der Waals surface area contributed by atoms with Crippen LogP contribution >= 0.6 is 0 Å². The van der Waals surface area contributed by atoms with E-state index in [1.165, 1.54) is 12.3 Å². The molecule has 82 valence electrons. The summed E-state index contributed by atoms with van der Waals surface area (Å²) in [5.74, 6) is 2.05. The second-order valence-electron chi connectivity index (χ2n) is 3.17. The van der Waals surface area contributed by atoms with E-state index in [1.54, 1.807) is 37.4 Å². The molecule has 0 amide bonds. The highest BCUT2D eigenvalue weighted by Crippen LogP contribution is 2.22. The van der Waals surface area contributed by atoms with Crippen molar-refractivity contribution in [1.82, 2.24) is 4.98 Å². The van der Waals surface area contributed by atoms with Gasteiger partial charge in [-0.25, -0.2) is 0 Å². The molecule has 1 N–H and O–H groups in total. The minimum atomic E-state index is -0.151. The second-order valence-corrected chi connectivity index (χ2v) is 3.17. The van der Waals surface area contributed by atoms with Gasteiger partial charge in [-0.05, 0) is 30.3 Å². The van der Waals surface area contributed by atoms with Crippen LogP contribution in [0.4, 0.5) is 0 Å². The second kappa shape index (κ2) is 4.53. The SMILES string of the molecule is COc1ccc(Oc2ccc(=O)[nH]c2)cc1. The Hall–Kier alpha value is -2.23. The number of aromatic nitrogens is 1. The topological polar surface area (TPSA) is 51.3 Å². The van der Waals surface area contributed by atoms with E-state index in [-0.39, 0.29) is 5.56 Å². The van der Waals surface area contributed by atoms with Crippen LogP contribution in [0.2, 0.25) is 0 Å². The molecule has 0 aliphatic rings. The number of benzene rings is 1. The maximum absolute atomic E-state index is 10.8. The van der Waals surface area contributed by atoms with Gasteiger partial charge in [-0.15, -0.1) is 0 Å². The van der Waals surface area contributed by atoms with Gasteiger partial charge in [0.25, 0.3) is 0 Å². The number of nitrogens with one attached hydrogen (secondary N) is 1. The third kappa shape index (κ3) is 2.42. The molecular weight excluding hydrogens is 206 g/mol. The highest BCUT2D eigenvalue weighted by atomic mass is 16.5. The van der Waals surface area contributed by atoms with Crippen molar-refractivity contribution in [3.8, 4) is 17.2 Å². The molecule has 0 fully saturated rings. The van der Waals surface area contributed by atoms with Crippen LogP contribution < -0.4 is 15.0 Å². The lowest BCUT2D eigenvalue weighted by Crippen LogP contribution is -2.01. The molecular formula is C12H11NO3. The van der Waals surface area contributed by atoms with Crippen molar-refractivity contribution in [2.24, 2.45) is 0 Å². The van der Waals surface area contributed by atoms with Crippen LogP contribution in [-0.4, -0.2) is 12.1 Å².